The van der Waals surface area contributed by atoms with E-state index in [-0.39, 0.29) is 30.6 Å². The van der Waals surface area contributed by atoms with Crippen LogP contribution in [0.4, 0.5) is 4.39 Å². The smallest absolute Gasteiger partial charge is 0.220 e. The fraction of sp³-hybridized carbons (Fsp3) is 0.222. The first kappa shape index (κ1) is 18.0. The molecule has 3 aromatic rings. The summed E-state index contributed by atoms with van der Waals surface area (Å²) in [5, 5.41) is 14.5. The molecule has 0 aliphatic carbocycles. The highest BCUT2D eigenvalue weighted by molar-refractivity contribution is 6.30. The Morgan fingerprint density at radius 1 is 1.19 bits per heavy atom. The molecule has 0 spiro atoms. The third-order valence-electron chi connectivity index (χ3n) is 4.01. The van der Waals surface area contributed by atoms with Crippen LogP contribution in [-0.2, 0) is 17.9 Å². The summed E-state index contributed by atoms with van der Waals surface area (Å²) in [7, 11) is 0. The number of carbonyl (C=O) groups excluding carboxylic acids is 1. The fourth-order valence-corrected chi connectivity index (χ4v) is 2.77. The van der Waals surface area contributed by atoms with E-state index in [1.54, 1.807) is 35.0 Å². The molecule has 3 rings (SSSR count). The molecule has 134 valence electrons. The maximum atomic E-state index is 13.7. The fourth-order valence-electron chi connectivity index (χ4n) is 2.64. The molecule has 0 aliphatic heterocycles. The van der Waals surface area contributed by atoms with Gasteiger partial charge in [0, 0.05) is 29.5 Å². The average Bonchev–Trinajstić information content (AvgIpc) is 3.14. The molecule has 1 amide bonds. The van der Waals surface area contributed by atoms with E-state index in [0.717, 1.165) is 5.56 Å². The van der Waals surface area contributed by atoms with Crippen molar-refractivity contribution >= 4 is 17.5 Å². The van der Waals surface area contributed by atoms with Crippen LogP contribution in [0.3, 0.4) is 0 Å². The van der Waals surface area contributed by atoms with Gasteiger partial charge in [0.1, 0.15) is 12.1 Å². The van der Waals surface area contributed by atoms with E-state index in [1.807, 2.05) is 12.1 Å². The Morgan fingerprint density at radius 3 is 2.65 bits per heavy atom. The third kappa shape index (κ3) is 4.86. The minimum absolute atomic E-state index is 0.142. The lowest BCUT2D eigenvalue weighted by Gasteiger charge is -2.17. The van der Waals surface area contributed by atoms with Gasteiger partial charge in [0.2, 0.25) is 5.91 Å². The molecule has 2 aromatic carbocycles. The number of hydrogen-bond acceptors (Lipinski definition) is 4. The van der Waals surface area contributed by atoms with Crippen molar-refractivity contribution in [3.63, 3.8) is 0 Å². The highest BCUT2D eigenvalue weighted by Crippen LogP contribution is 2.23. The van der Waals surface area contributed by atoms with Crippen LogP contribution in [0, 0.1) is 5.82 Å². The van der Waals surface area contributed by atoms with E-state index >= 15 is 0 Å². The summed E-state index contributed by atoms with van der Waals surface area (Å²) in [5.74, 6) is -0.659. The molecule has 1 aromatic heterocycles. The van der Waals surface area contributed by atoms with E-state index in [4.69, 9.17) is 11.6 Å². The number of amides is 1. The summed E-state index contributed by atoms with van der Waals surface area (Å²) < 4.78 is 15.2. The van der Waals surface area contributed by atoms with Crippen LogP contribution < -0.4 is 5.32 Å². The van der Waals surface area contributed by atoms with Gasteiger partial charge in [-0.1, -0.05) is 41.9 Å². The van der Waals surface area contributed by atoms with Crippen molar-refractivity contribution in [1.29, 1.82) is 0 Å². The van der Waals surface area contributed by atoms with Crippen LogP contribution >= 0.6 is 11.6 Å². The number of carbonyl (C=O) groups is 1. The minimum atomic E-state index is -0.337. The molecule has 0 saturated carbocycles. The maximum absolute atomic E-state index is 13.7. The molecule has 0 unspecified atom stereocenters. The van der Waals surface area contributed by atoms with Crippen molar-refractivity contribution in [1.82, 2.24) is 25.5 Å². The van der Waals surface area contributed by atoms with Crippen molar-refractivity contribution < 1.29 is 9.18 Å². The Bertz CT molecular complexity index is 854. The second-order valence-corrected chi connectivity index (χ2v) is 6.29. The van der Waals surface area contributed by atoms with Crippen LogP contribution in [-0.4, -0.2) is 26.1 Å². The number of nitrogens with zero attached hydrogens (tertiary/aromatic N) is 4. The van der Waals surface area contributed by atoms with Gasteiger partial charge in [-0.05, 0) is 34.2 Å². The summed E-state index contributed by atoms with van der Waals surface area (Å²) in [4.78, 5) is 12.4. The van der Waals surface area contributed by atoms with Gasteiger partial charge in [-0.3, -0.25) is 4.79 Å². The van der Waals surface area contributed by atoms with E-state index in [2.05, 4.69) is 20.8 Å². The number of nitrogens with one attached hydrogen (secondary N) is 1. The van der Waals surface area contributed by atoms with Crippen LogP contribution in [0.25, 0.3) is 0 Å². The molecule has 8 heteroatoms. The van der Waals surface area contributed by atoms with E-state index in [9.17, 15) is 9.18 Å². The van der Waals surface area contributed by atoms with Crippen LogP contribution in [0.15, 0.2) is 54.9 Å². The molecule has 1 heterocycles. The monoisotopic (exact) mass is 373 g/mol. The van der Waals surface area contributed by atoms with Crippen molar-refractivity contribution in [3.8, 4) is 0 Å². The van der Waals surface area contributed by atoms with Gasteiger partial charge in [0.25, 0.3) is 0 Å². The number of tetrazole rings is 1. The van der Waals surface area contributed by atoms with Crippen LogP contribution in [0.5, 0.6) is 0 Å². The van der Waals surface area contributed by atoms with Gasteiger partial charge >= 0.3 is 0 Å². The Balaban J connectivity index is 1.67. The molecular formula is C18H17ClFN5O. The second-order valence-electron chi connectivity index (χ2n) is 5.85. The minimum Gasteiger partial charge on any atom is -0.352 e. The van der Waals surface area contributed by atoms with Crippen molar-refractivity contribution in [2.75, 3.05) is 0 Å². The van der Waals surface area contributed by atoms with Crippen molar-refractivity contribution in [2.45, 2.75) is 25.4 Å². The number of benzene rings is 2. The Kier molecular flexibility index (Phi) is 5.91. The molecule has 0 aliphatic rings. The highest BCUT2D eigenvalue weighted by Gasteiger charge is 2.18. The first-order valence-corrected chi connectivity index (χ1v) is 8.46. The number of aromatic nitrogens is 4. The summed E-state index contributed by atoms with van der Waals surface area (Å²) in [6.45, 7) is 0.589. The molecular weight excluding hydrogens is 357 g/mol. The third-order valence-corrected chi connectivity index (χ3v) is 4.26. The van der Waals surface area contributed by atoms with Gasteiger partial charge in [-0.25, -0.2) is 9.07 Å². The predicted octanol–water partition coefficient (Wildman–Crippen LogP) is 2.96. The number of rotatable bonds is 7. The van der Waals surface area contributed by atoms with Gasteiger partial charge in [0.05, 0.1) is 6.54 Å². The lowest BCUT2D eigenvalue weighted by Crippen LogP contribution is -2.26. The summed E-state index contributed by atoms with van der Waals surface area (Å²) >= 11 is 5.94. The molecule has 0 fully saturated rings. The maximum Gasteiger partial charge on any atom is 0.220 e. The molecule has 6 nitrogen and oxygen atoms in total. The van der Waals surface area contributed by atoms with E-state index in [1.165, 1.54) is 12.4 Å². The number of halogens is 2. The summed E-state index contributed by atoms with van der Waals surface area (Å²) in [6.07, 6.45) is 1.72. The molecule has 0 radical (unpaired) electrons. The summed E-state index contributed by atoms with van der Waals surface area (Å²) in [6, 6.07) is 13.7. The molecule has 26 heavy (non-hydrogen) atoms. The average molecular weight is 374 g/mol. The zero-order chi connectivity index (χ0) is 18.4. The number of hydrogen-bond donors (Lipinski definition) is 1. The van der Waals surface area contributed by atoms with Gasteiger partial charge < -0.3 is 5.32 Å². The largest absolute Gasteiger partial charge is 0.352 e. The van der Waals surface area contributed by atoms with Gasteiger partial charge in [0.15, 0.2) is 0 Å². The standard InChI is InChI=1S/C18H17ClFN5O/c19-16-7-5-13(6-8-16)15(11-25-12-22-23-24-25)9-18(26)21-10-14-3-1-2-4-17(14)20/h1-8,12,15H,9-11H2,(H,21,26)/t15-/m0/s1. The molecule has 1 atom stereocenters. The Hall–Kier alpha value is -2.80. The van der Waals surface area contributed by atoms with Gasteiger partial charge in [-0.15, -0.1) is 5.10 Å². The SMILES string of the molecule is O=C(C[C@@H](Cn1cnnn1)c1ccc(Cl)cc1)NCc1ccccc1F. The van der Waals surface area contributed by atoms with Crippen LogP contribution in [0.2, 0.25) is 5.02 Å². The highest BCUT2D eigenvalue weighted by atomic mass is 35.5. The van der Waals surface area contributed by atoms with Crippen molar-refractivity contribution in [3.05, 3.63) is 76.8 Å². The zero-order valence-electron chi connectivity index (χ0n) is 13.8. The Morgan fingerprint density at radius 2 is 1.96 bits per heavy atom. The van der Waals surface area contributed by atoms with E-state index in [0.29, 0.717) is 17.1 Å². The lowest BCUT2D eigenvalue weighted by molar-refractivity contribution is -0.121. The lowest BCUT2D eigenvalue weighted by atomic mass is 9.95. The first-order valence-electron chi connectivity index (χ1n) is 8.08. The van der Waals surface area contributed by atoms with Crippen LogP contribution in [0.1, 0.15) is 23.5 Å². The zero-order valence-corrected chi connectivity index (χ0v) is 14.6. The van der Waals surface area contributed by atoms with E-state index < -0.39 is 0 Å². The predicted molar refractivity (Wildman–Crippen MR) is 94.9 cm³/mol. The quantitative estimate of drug-likeness (QED) is 0.691. The topological polar surface area (TPSA) is 72.7 Å². The summed E-state index contributed by atoms with van der Waals surface area (Å²) in [5.41, 5.74) is 1.40. The van der Waals surface area contributed by atoms with Gasteiger partial charge in [-0.2, -0.15) is 0 Å². The molecule has 0 saturated heterocycles. The second kappa shape index (κ2) is 8.53. The van der Waals surface area contributed by atoms with Crippen molar-refractivity contribution in [2.24, 2.45) is 0 Å². The Labute approximate surface area is 155 Å². The molecule has 0 bridgehead atoms. The molecule has 1 N–H and O–H groups in total. The first-order chi connectivity index (χ1) is 12.6. The normalized spacial score (nSPS) is 11.9.